The molecule has 1 unspecified atom stereocenters. The maximum Gasteiger partial charge on any atom is 0.260 e. The highest BCUT2D eigenvalue weighted by atomic mass is 16.5. The molecule has 2 N–H and O–H groups in total. The van der Waals surface area contributed by atoms with Gasteiger partial charge in [-0.1, -0.05) is 26.0 Å². The average Bonchev–Trinajstić information content (AvgIpc) is 2.46. The molecule has 0 heterocycles. The highest BCUT2D eigenvalue weighted by molar-refractivity contribution is 5.80. The molecule has 1 amide bonds. The molecule has 1 aromatic rings. The van der Waals surface area contributed by atoms with Gasteiger partial charge in [-0.3, -0.25) is 4.79 Å². The quantitative estimate of drug-likeness (QED) is 0.771. The van der Waals surface area contributed by atoms with E-state index < -0.39 is 6.10 Å². The van der Waals surface area contributed by atoms with Gasteiger partial charge in [0, 0.05) is 12.1 Å². The van der Waals surface area contributed by atoms with Crippen LogP contribution in [0.1, 0.15) is 33.3 Å². The maximum atomic E-state index is 12.0. The predicted molar refractivity (Wildman–Crippen MR) is 81.5 cm³/mol. The van der Waals surface area contributed by atoms with E-state index in [1.807, 2.05) is 20.8 Å². The molecule has 1 rings (SSSR count). The molecule has 0 aliphatic rings. The monoisotopic (exact) mass is 295 g/mol. The third-order valence-electron chi connectivity index (χ3n) is 2.88. The number of amides is 1. The summed E-state index contributed by atoms with van der Waals surface area (Å²) in [6, 6.07) is 5.29. The average molecular weight is 295 g/mol. The first-order chi connectivity index (χ1) is 9.99. The molecular formula is C16H25NO4. The van der Waals surface area contributed by atoms with Gasteiger partial charge >= 0.3 is 0 Å². The molecule has 0 aliphatic carbocycles. The van der Waals surface area contributed by atoms with Crippen LogP contribution in [0, 0.1) is 5.92 Å². The van der Waals surface area contributed by atoms with Crippen LogP contribution in [0.25, 0.3) is 0 Å². The smallest absolute Gasteiger partial charge is 0.260 e. The third-order valence-corrected chi connectivity index (χ3v) is 2.88. The van der Waals surface area contributed by atoms with E-state index in [9.17, 15) is 9.90 Å². The number of aliphatic hydroxyl groups is 1. The standard InChI is InChI=1S/C16H25NO4/c1-5-20-14-8-6-7-13(10-18)15(14)21-12(4)16(19)17-9-11(2)3/h6-8,11-12,18H,5,9-10H2,1-4H3,(H,17,19). The van der Waals surface area contributed by atoms with Gasteiger partial charge in [0.2, 0.25) is 0 Å². The lowest BCUT2D eigenvalue weighted by Gasteiger charge is -2.19. The lowest BCUT2D eigenvalue weighted by molar-refractivity contribution is -0.127. The Morgan fingerprint density at radius 2 is 2.05 bits per heavy atom. The highest BCUT2D eigenvalue weighted by Gasteiger charge is 2.19. The molecule has 0 saturated heterocycles. The van der Waals surface area contributed by atoms with E-state index in [1.165, 1.54) is 0 Å². The topological polar surface area (TPSA) is 67.8 Å². The summed E-state index contributed by atoms with van der Waals surface area (Å²) in [6.07, 6.45) is -0.657. The molecule has 0 aromatic heterocycles. The second-order valence-electron chi connectivity index (χ2n) is 5.23. The van der Waals surface area contributed by atoms with Gasteiger partial charge in [-0.25, -0.2) is 0 Å². The van der Waals surface area contributed by atoms with Crippen LogP contribution >= 0.6 is 0 Å². The van der Waals surface area contributed by atoms with Crippen molar-refractivity contribution in [3.8, 4) is 11.5 Å². The van der Waals surface area contributed by atoms with Crippen LogP contribution in [0.3, 0.4) is 0 Å². The minimum atomic E-state index is -0.657. The van der Waals surface area contributed by atoms with Gasteiger partial charge in [-0.15, -0.1) is 0 Å². The lowest BCUT2D eigenvalue weighted by atomic mass is 10.2. The van der Waals surface area contributed by atoms with Crippen molar-refractivity contribution in [3.05, 3.63) is 23.8 Å². The second-order valence-corrected chi connectivity index (χ2v) is 5.23. The molecule has 0 fully saturated rings. The number of ether oxygens (including phenoxy) is 2. The molecule has 0 radical (unpaired) electrons. The minimum absolute atomic E-state index is 0.170. The molecule has 1 aromatic carbocycles. The van der Waals surface area contributed by atoms with Gasteiger partial charge in [-0.2, -0.15) is 0 Å². The molecule has 0 saturated carbocycles. The fraction of sp³-hybridized carbons (Fsp3) is 0.562. The Labute approximate surface area is 126 Å². The van der Waals surface area contributed by atoms with Crippen LogP contribution in [0.5, 0.6) is 11.5 Å². The molecular weight excluding hydrogens is 270 g/mol. The Kier molecular flexibility index (Phi) is 7.02. The summed E-state index contributed by atoms with van der Waals surface area (Å²) >= 11 is 0. The highest BCUT2D eigenvalue weighted by Crippen LogP contribution is 2.32. The van der Waals surface area contributed by atoms with Gasteiger partial charge in [0.15, 0.2) is 17.6 Å². The van der Waals surface area contributed by atoms with Crippen molar-refractivity contribution in [2.45, 2.75) is 40.4 Å². The molecule has 0 bridgehead atoms. The fourth-order valence-corrected chi connectivity index (χ4v) is 1.77. The summed E-state index contributed by atoms with van der Waals surface area (Å²) in [5.41, 5.74) is 0.601. The predicted octanol–water partition coefficient (Wildman–Crippen LogP) is 2.12. The first kappa shape index (κ1) is 17.3. The lowest BCUT2D eigenvalue weighted by Crippen LogP contribution is -2.38. The van der Waals surface area contributed by atoms with E-state index in [-0.39, 0.29) is 12.5 Å². The van der Waals surface area contributed by atoms with Gasteiger partial charge in [-0.05, 0) is 25.8 Å². The largest absolute Gasteiger partial charge is 0.490 e. The van der Waals surface area contributed by atoms with Crippen LogP contribution in [0.2, 0.25) is 0 Å². The summed E-state index contributed by atoms with van der Waals surface area (Å²) in [5, 5.41) is 12.2. The Morgan fingerprint density at radius 3 is 2.62 bits per heavy atom. The van der Waals surface area contributed by atoms with E-state index in [0.29, 0.717) is 36.1 Å². The van der Waals surface area contributed by atoms with Crippen molar-refractivity contribution in [1.82, 2.24) is 5.32 Å². The van der Waals surface area contributed by atoms with Crippen molar-refractivity contribution in [2.24, 2.45) is 5.92 Å². The van der Waals surface area contributed by atoms with E-state index in [4.69, 9.17) is 9.47 Å². The van der Waals surface area contributed by atoms with Crippen molar-refractivity contribution >= 4 is 5.91 Å². The zero-order valence-electron chi connectivity index (χ0n) is 13.2. The van der Waals surface area contributed by atoms with E-state index in [2.05, 4.69) is 5.32 Å². The van der Waals surface area contributed by atoms with E-state index in [0.717, 1.165) is 0 Å². The van der Waals surface area contributed by atoms with Crippen molar-refractivity contribution in [3.63, 3.8) is 0 Å². The number of hydrogen-bond acceptors (Lipinski definition) is 4. The number of para-hydroxylation sites is 1. The summed E-state index contributed by atoms with van der Waals surface area (Å²) < 4.78 is 11.2. The first-order valence-corrected chi connectivity index (χ1v) is 7.29. The number of nitrogens with one attached hydrogen (secondary N) is 1. The normalized spacial score (nSPS) is 12.1. The molecule has 5 heteroatoms. The number of hydrogen-bond donors (Lipinski definition) is 2. The third kappa shape index (κ3) is 5.27. The molecule has 0 aliphatic heterocycles. The molecule has 21 heavy (non-hydrogen) atoms. The molecule has 0 spiro atoms. The van der Waals surface area contributed by atoms with Crippen LogP contribution in [0.4, 0.5) is 0 Å². The number of benzene rings is 1. The summed E-state index contributed by atoms with van der Waals surface area (Å²) in [6.45, 7) is 8.52. The Morgan fingerprint density at radius 1 is 1.33 bits per heavy atom. The summed E-state index contributed by atoms with van der Waals surface area (Å²) in [4.78, 5) is 12.0. The first-order valence-electron chi connectivity index (χ1n) is 7.29. The van der Waals surface area contributed by atoms with Crippen molar-refractivity contribution < 1.29 is 19.4 Å². The van der Waals surface area contributed by atoms with Crippen molar-refractivity contribution in [2.75, 3.05) is 13.2 Å². The van der Waals surface area contributed by atoms with Crippen LogP contribution in [-0.4, -0.2) is 30.3 Å². The SMILES string of the molecule is CCOc1cccc(CO)c1OC(C)C(=O)NCC(C)C. The number of carbonyl (C=O) groups excluding carboxylic acids is 1. The van der Waals surface area contributed by atoms with E-state index >= 15 is 0 Å². The molecule has 118 valence electrons. The number of carbonyl (C=O) groups is 1. The second kappa shape index (κ2) is 8.52. The van der Waals surface area contributed by atoms with Crippen LogP contribution in [0.15, 0.2) is 18.2 Å². The minimum Gasteiger partial charge on any atom is -0.490 e. The zero-order valence-corrected chi connectivity index (χ0v) is 13.2. The fourth-order valence-electron chi connectivity index (χ4n) is 1.77. The maximum absolute atomic E-state index is 12.0. The van der Waals surface area contributed by atoms with E-state index in [1.54, 1.807) is 25.1 Å². The summed E-state index contributed by atoms with van der Waals surface area (Å²) in [7, 11) is 0. The molecule has 5 nitrogen and oxygen atoms in total. The van der Waals surface area contributed by atoms with Gasteiger partial charge in [0.05, 0.1) is 13.2 Å². The van der Waals surface area contributed by atoms with Gasteiger partial charge < -0.3 is 19.9 Å². The van der Waals surface area contributed by atoms with Crippen LogP contribution in [-0.2, 0) is 11.4 Å². The van der Waals surface area contributed by atoms with Crippen molar-refractivity contribution in [1.29, 1.82) is 0 Å². The van der Waals surface area contributed by atoms with Crippen LogP contribution < -0.4 is 14.8 Å². The summed E-state index contributed by atoms with van der Waals surface area (Å²) in [5.74, 6) is 1.16. The Bertz CT molecular complexity index is 460. The Balaban J connectivity index is 2.82. The number of rotatable bonds is 8. The van der Waals surface area contributed by atoms with Gasteiger partial charge in [0.1, 0.15) is 0 Å². The Hall–Kier alpha value is -1.75. The number of aliphatic hydroxyl groups excluding tert-OH is 1. The zero-order chi connectivity index (χ0) is 15.8. The molecule has 1 atom stereocenters. The van der Waals surface area contributed by atoms with Gasteiger partial charge in [0.25, 0.3) is 5.91 Å².